The van der Waals surface area contributed by atoms with Gasteiger partial charge < -0.3 is 0 Å². The zero-order chi connectivity index (χ0) is 13.8. The largest absolute Gasteiger partial charge is 0.239 e. The van der Waals surface area contributed by atoms with Gasteiger partial charge in [-0.1, -0.05) is 52.9 Å². The second-order valence-corrected chi connectivity index (χ2v) is 10.5. The molecule has 0 spiro atoms. The lowest BCUT2D eigenvalue weighted by Crippen LogP contribution is -2.35. The molecule has 0 aromatic heterocycles. The summed E-state index contributed by atoms with van der Waals surface area (Å²) in [7, 11) is -0.364. The molecule has 0 aromatic carbocycles. The molecule has 0 atom stereocenters. The molecule has 0 saturated heterocycles. The molecule has 0 N–H and O–H groups in total. The second kappa shape index (κ2) is 8.43. The van der Waals surface area contributed by atoms with Crippen LogP contribution in [-0.2, 0) is 0 Å². The van der Waals surface area contributed by atoms with Gasteiger partial charge in [0.05, 0.1) is 0 Å². The summed E-state index contributed by atoms with van der Waals surface area (Å²) in [6, 6.07) is 0. The molecule has 3 saturated carbocycles. The maximum absolute atomic E-state index is 15.8. The molecule has 0 heterocycles. The van der Waals surface area contributed by atoms with E-state index in [-0.39, 0.29) is 18.9 Å². The SMILES string of the molecule is FC1(P(C2CCCCC2)C2CCCCC2)CCCCC1.[SiH4]. The Balaban J connectivity index is 0.00000161. The van der Waals surface area contributed by atoms with E-state index in [1.165, 1.54) is 70.6 Å². The third kappa shape index (κ3) is 4.31. The van der Waals surface area contributed by atoms with Crippen molar-refractivity contribution < 1.29 is 4.39 Å². The van der Waals surface area contributed by atoms with Crippen LogP contribution in [-0.4, -0.2) is 27.7 Å². The van der Waals surface area contributed by atoms with E-state index >= 15 is 4.39 Å². The van der Waals surface area contributed by atoms with Crippen molar-refractivity contribution in [1.29, 1.82) is 0 Å². The van der Waals surface area contributed by atoms with E-state index in [2.05, 4.69) is 0 Å². The van der Waals surface area contributed by atoms with E-state index in [0.717, 1.165) is 37.0 Å². The lowest BCUT2D eigenvalue weighted by atomic mass is 9.98. The zero-order valence-corrected chi connectivity index (χ0v) is 14.0. The van der Waals surface area contributed by atoms with Crippen LogP contribution in [0.5, 0.6) is 0 Å². The molecule has 124 valence electrons. The van der Waals surface area contributed by atoms with Gasteiger partial charge in [-0.15, -0.1) is 0 Å². The van der Waals surface area contributed by atoms with E-state index < -0.39 is 5.41 Å². The van der Waals surface area contributed by atoms with Gasteiger partial charge >= 0.3 is 0 Å². The van der Waals surface area contributed by atoms with E-state index in [1.54, 1.807) is 0 Å². The molecule has 3 heteroatoms. The second-order valence-electron chi connectivity index (χ2n) is 7.47. The number of hydrogen-bond donors (Lipinski definition) is 0. The highest BCUT2D eigenvalue weighted by atomic mass is 31.1. The van der Waals surface area contributed by atoms with Crippen LogP contribution in [0.4, 0.5) is 4.39 Å². The van der Waals surface area contributed by atoms with Crippen molar-refractivity contribution in [2.75, 3.05) is 0 Å². The molecule has 0 nitrogen and oxygen atoms in total. The van der Waals surface area contributed by atoms with Crippen LogP contribution >= 0.6 is 7.92 Å². The minimum atomic E-state index is -0.725. The molecule has 3 fully saturated rings. The summed E-state index contributed by atoms with van der Waals surface area (Å²) in [5.74, 6) is 0. The van der Waals surface area contributed by atoms with E-state index in [4.69, 9.17) is 0 Å². The van der Waals surface area contributed by atoms with Gasteiger partial charge in [0.2, 0.25) is 0 Å². The van der Waals surface area contributed by atoms with Gasteiger partial charge in [0.15, 0.2) is 0 Å². The third-order valence-electron chi connectivity index (χ3n) is 6.02. The van der Waals surface area contributed by atoms with Crippen molar-refractivity contribution in [2.24, 2.45) is 0 Å². The van der Waals surface area contributed by atoms with E-state index in [1.807, 2.05) is 0 Å². The van der Waals surface area contributed by atoms with Crippen molar-refractivity contribution >= 4 is 18.9 Å². The van der Waals surface area contributed by atoms with Crippen LogP contribution in [0.25, 0.3) is 0 Å². The Labute approximate surface area is 136 Å². The maximum Gasteiger partial charge on any atom is 0.130 e. The number of rotatable bonds is 3. The fraction of sp³-hybridized carbons (Fsp3) is 1.00. The van der Waals surface area contributed by atoms with Gasteiger partial charge in [0, 0.05) is 0 Å². The predicted octanol–water partition coefficient (Wildman–Crippen LogP) is 5.31. The Hall–Kier alpha value is 0.577. The first-order chi connectivity index (χ1) is 9.80. The monoisotopic (exact) mass is 330 g/mol. The normalized spacial score (nSPS) is 28.3. The standard InChI is InChI=1S/C18H32FP.H4Si/c19-18(14-8-3-9-15-18)20(16-10-4-1-5-11-16)17-12-6-2-7-13-17;/h16-17H,1-15H2;1H4. The van der Waals surface area contributed by atoms with Crippen LogP contribution in [0.15, 0.2) is 0 Å². The number of alkyl halides is 1. The Kier molecular flexibility index (Phi) is 7.20. The average Bonchev–Trinajstić information content (AvgIpc) is 2.50. The predicted molar refractivity (Wildman–Crippen MR) is 98.9 cm³/mol. The molecule has 0 aromatic rings. The van der Waals surface area contributed by atoms with Gasteiger partial charge in [-0.3, -0.25) is 0 Å². The molecule has 0 amide bonds. The van der Waals surface area contributed by atoms with Gasteiger partial charge in [-0.2, -0.15) is 0 Å². The van der Waals surface area contributed by atoms with E-state index in [0.29, 0.717) is 0 Å². The van der Waals surface area contributed by atoms with Gasteiger partial charge in [0.25, 0.3) is 0 Å². The zero-order valence-electron chi connectivity index (χ0n) is 13.1. The summed E-state index contributed by atoms with van der Waals surface area (Å²) in [5, 5.41) is -0.725. The minimum absolute atomic E-state index is 0. The highest BCUT2D eigenvalue weighted by Gasteiger charge is 2.47. The lowest BCUT2D eigenvalue weighted by molar-refractivity contribution is 0.199. The molecule has 0 aliphatic heterocycles. The summed E-state index contributed by atoms with van der Waals surface area (Å²) >= 11 is 0. The molecule has 0 bridgehead atoms. The third-order valence-corrected chi connectivity index (χ3v) is 10.00. The summed E-state index contributed by atoms with van der Waals surface area (Å²) in [6.45, 7) is 0. The lowest BCUT2D eigenvalue weighted by Gasteiger charge is -2.47. The van der Waals surface area contributed by atoms with Crippen LogP contribution in [0.1, 0.15) is 96.3 Å². The molecular weight excluding hydrogens is 294 g/mol. The molecule has 0 radical (unpaired) electrons. The fourth-order valence-electron chi connectivity index (χ4n) is 5.02. The van der Waals surface area contributed by atoms with Gasteiger partial charge in [-0.25, -0.2) is 4.39 Å². The topological polar surface area (TPSA) is 0 Å². The average molecular weight is 331 g/mol. The first-order valence-corrected chi connectivity index (χ1v) is 10.7. The van der Waals surface area contributed by atoms with Crippen molar-refractivity contribution in [3.05, 3.63) is 0 Å². The van der Waals surface area contributed by atoms with Crippen molar-refractivity contribution in [3.63, 3.8) is 0 Å². The smallest absolute Gasteiger partial charge is 0.130 e. The summed E-state index contributed by atoms with van der Waals surface area (Å²) in [6.07, 6.45) is 19.2. The first kappa shape index (κ1) is 17.9. The molecule has 3 aliphatic carbocycles. The van der Waals surface area contributed by atoms with Crippen LogP contribution in [0, 0.1) is 0 Å². The highest BCUT2D eigenvalue weighted by Crippen LogP contribution is 2.68. The van der Waals surface area contributed by atoms with Crippen LogP contribution < -0.4 is 0 Å². The Bertz CT molecular complexity index is 274. The maximum atomic E-state index is 15.8. The molecule has 0 unspecified atom stereocenters. The molecule has 3 aliphatic rings. The Morgan fingerprint density at radius 3 is 1.43 bits per heavy atom. The first-order valence-electron chi connectivity index (χ1n) is 9.27. The molecular formula is C18H36FPSi. The number of hydrogen-bond acceptors (Lipinski definition) is 0. The van der Waals surface area contributed by atoms with Crippen LogP contribution in [0.3, 0.4) is 0 Å². The minimum Gasteiger partial charge on any atom is -0.239 e. The van der Waals surface area contributed by atoms with Crippen molar-refractivity contribution in [1.82, 2.24) is 0 Å². The summed E-state index contributed by atoms with van der Waals surface area (Å²) < 4.78 is 15.8. The molecule has 21 heavy (non-hydrogen) atoms. The summed E-state index contributed by atoms with van der Waals surface area (Å²) in [5.41, 5.74) is 1.56. The van der Waals surface area contributed by atoms with Crippen molar-refractivity contribution in [2.45, 2.75) is 113 Å². The highest BCUT2D eigenvalue weighted by molar-refractivity contribution is 7.60. The van der Waals surface area contributed by atoms with Gasteiger partial charge in [0.1, 0.15) is 5.41 Å². The Morgan fingerprint density at radius 1 is 0.619 bits per heavy atom. The fourth-order valence-corrected chi connectivity index (χ4v) is 9.60. The quantitative estimate of drug-likeness (QED) is 0.486. The van der Waals surface area contributed by atoms with Gasteiger partial charge in [-0.05, 0) is 73.6 Å². The van der Waals surface area contributed by atoms with E-state index in [9.17, 15) is 0 Å². The number of halogens is 1. The Morgan fingerprint density at radius 2 is 1.00 bits per heavy atom. The van der Waals surface area contributed by atoms with Crippen molar-refractivity contribution in [3.8, 4) is 0 Å². The van der Waals surface area contributed by atoms with Crippen LogP contribution in [0.2, 0.25) is 0 Å². The molecule has 3 rings (SSSR count). The summed E-state index contributed by atoms with van der Waals surface area (Å²) in [4.78, 5) is 0.